The SMILES string of the molecule is CCCNc1nccn1-c1ccc(OC)c(Br)c1. The number of methoxy groups -OCH3 is 1. The molecule has 1 N–H and O–H groups in total. The fourth-order valence-corrected chi connectivity index (χ4v) is 2.21. The molecule has 18 heavy (non-hydrogen) atoms. The minimum Gasteiger partial charge on any atom is -0.496 e. The number of anilines is 1. The van der Waals surface area contributed by atoms with Crippen LogP contribution in [0.2, 0.25) is 0 Å². The number of rotatable bonds is 5. The van der Waals surface area contributed by atoms with E-state index in [1.807, 2.05) is 29.0 Å². The Kier molecular flexibility index (Phi) is 4.25. The van der Waals surface area contributed by atoms with Crippen LogP contribution in [0.1, 0.15) is 13.3 Å². The number of nitrogens with zero attached hydrogens (tertiary/aromatic N) is 2. The lowest BCUT2D eigenvalue weighted by atomic mass is 10.3. The van der Waals surface area contributed by atoms with Crippen molar-refractivity contribution in [3.8, 4) is 11.4 Å². The van der Waals surface area contributed by atoms with E-state index in [4.69, 9.17) is 4.74 Å². The molecule has 96 valence electrons. The summed E-state index contributed by atoms with van der Waals surface area (Å²) in [7, 11) is 1.66. The lowest BCUT2D eigenvalue weighted by Crippen LogP contribution is -2.06. The van der Waals surface area contributed by atoms with E-state index in [0.29, 0.717) is 0 Å². The number of ether oxygens (including phenoxy) is 1. The number of imidazole rings is 1. The maximum Gasteiger partial charge on any atom is 0.207 e. The van der Waals surface area contributed by atoms with E-state index in [1.165, 1.54) is 0 Å². The van der Waals surface area contributed by atoms with Gasteiger partial charge in [0.15, 0.2) is 0 Å². The molecule has 0 bridgehead atoms. The fraction of sp³-hybridized carbons (Fsp3) is 0.308. The van der Waals surface area contributed by atoms with Crippen molar-refractivity contribution in [1.29, 1.82) is 0 Å². The molecule has 1 aromatic heterocycles. The van der Waals surface area contributed by atoms with Gasteiger partial charge >= 0.3 is 0 Å². The van der Waals surface area contributed by atoms with Crippen molar-refractivity contribution in [2.24, 2.45) is 0 Å². The Labute approximate surface area is 115 Å². The summed E-state index contributed by atoms with van der Waals surface area (Å²) in [6.07, 6.45) is 4.79. The first-order valence-electron chi connectivity index (χ1n) is 5.87. The average Bonchev–Trinajstić information content (AvgIpc) is 2.84. The van der Waals surface area contributed by atoms with Gasteiger partial charge in [-0.05, 0) is 40.5 Å². The van der Waals surface area contributed by atoms with Crippen LogP contribution in [-0.2, 0) is 0 Å². The zero-order valence-corrected chi connectivity index (χ0v) is 12.1. The van der Waals surface area contributed by atoms with Gasteiger partial charge in [-0.3, -0.25) is 4.57 Å². The highest BCUT2D eigenvalue weighted by molar-refractivity contribution is 9.10. The molecule has 0 atom stereocenters. The van der Waals surface area contributed by atoms with Crippen LogP contribution in [0.15, 0.2) is 35.1 Å². The maximum atomic E-state index is 5.23. The number of halogens is 1. The van der Waals surface area contributed by atoms with E-state index in [-0.39, 0.29) is 0 Å². The minimum absolute atomic E-state index is 0.821. The number of nitrogens with one attached hydrogen (secondary N) is 1. The number of benzene rings is 1. The molecule has 0 saturated carbocycles. The molecule has 0 fully saturated rings. The predicted molar refractivity (Wildman–Crippen MR) is 76.6 cm³/mol. The summed E-state index contributed by atoms with van der Waals surface area (Å²) in [6.45, 7) is 3.04. The Bertz CT molecular complexity index is 525. The van der Waals surface area contributed by atoms with Gasteiger partial charge in [-0.2, -0.15) is 0 Å². The van der Waals surface area contributed by atoms with Crippen LogP contribution < -0.4 is 10.1 Å². The number of aromatic nitrogens is 2. The van der Waals surface area contributed by atoms with Crippen LogP contribution in [0.25, 0.3) is 5.69 Å². The molecule has 5 heteroatoms. The lowest BCUT2D eigenvalue weighted by molar-refractivity contribution is 0.412. The summed E-state index contributed by atoms with van der Waals surface area (Å²) >= 11 is 3.49. The summed E-state index contributed by atoms with van der Waals surface area (Å²) < 4.78 is 8.17. The smallest absolute Gasteiger partial charge is 0.207 e. The van der Waals surface area contributed by atoms with Crippen LogP contribution in [0, 0.1) is 0 Å². The van der Waals surface area contributed by atoms with Gasteiger partial charge < -0.3 is 10.1 Å². The Balaban J connectivity index is 2.31. The number of hydrogen-bond acceptors (Lipinski definition) is 3. The highest BCUT2D eigenvalue weighted by Gasteiger charge is 2.06. The van der Waals surface area contributed by atoms with Crippen LogP contribution in [0.3, 0.4) is 0 Å². The third kappa shape index (κ3) is 2.67. The highest BCUT2D eigenvalue weighted by atomic mass is 79.9. The topological polar surface area (TPSA) is 39.1 Å². The summed E-state index contributed by atoms with van der Waals surface area (Å²) in [5, 5.41) is 3.29. The van der Waals surface area contributed by atoms with Crippen LogP contribution in [0.4, 0.5) is 5.95 Å². The Morgan fingerprint density at radius 3 is 2.94 bits per heavy atom. The minimum atomic E-state index is 0.821. The first-order chi connectivity index (χ1) is 8.76. The summed E-state index contributed by atoms with van der Waals surface area (Å²) in [5.74, 6) is 1.68. The van der Waals surface area contributed by atoms with Crippen molar-refractivity contribution >= 4 is 21.9 Å². The normalized spacial score (nSPS) is 10.4. The molecular weight excluding hydrogens is 294 g/mol. The van der Waals surface area contributed by atoms with E-state index in [9.17, 15) is 0 Å². The molecular formula is C13H16BrN3O. The second kappa shape index (κ2) is 5.91. The molecule has 0 aliphatic rings. The molecule has 0 radical (unpaired) electrons. The van der Waals surface area contributed by atoms with Crippen LogP contribution in [-0.4, -0.2) is 23.2 Å². The number of hydrogen-bond donors (Lipinski definition) is 1. The molecule has 2 rings (SSSR count). The summed E-state index contributed by atoms with van der Waals surface area (Å²) in [5.41, 5.74) is 1.04. The van der Waals surface area contributed by atoms with E-state index >= 15 is 0 Å². The average molecular weight is 310 g/mol. The largest absolute Gasteiger partial charge is 0.496 e. The van der Waals surface area contributed by atoms with Crippen molar-refractivity contribution in [2.75, 3.05) is 19.0 Å². The Hall–Kier alpha value is -1.49. The predicted octanol–water partition coefficient (Wildman–Crippen LogP) is 3.47. The zero-order chi connectivity index (χ0) is 13.0. The zero-order valence-electron chi connectivity index (χ0n) is 10.5. The van der Waals surface area contributed by atoms with Crippen molar-refractivity contribution in [2.45, 2.75) is 13.3 Å². The van der Waals surface area contributed by atoms with Crippen molar-refractivity contribution in [1.82, 2.24) is 9.55 Å². The molecule has 0 saturated heterocycles. The Morgan fingerprint density at radius 2 is 2.28 bits per heavy atom. The molecule has 1 aromatic carbocycles. The van der Waals surface area contributed by atoms with E-state index in [0.717, 1.165) is 34.8 Å². The molecule has 1 heterocycles. The van der Waals surface area contributed by atoms with Gasteiger partial charge in [-0.25, -0.2) is 4.98 Å². The lowest BCUT2D eigenvalue weighted by Gasteiger charge is -2.11. The van der Waals surface area contributed by atoms with Gasteiger partial charge in [-0.15, -0.1) is 0 Å². The van der Waals surface area contributed by atoms with Crippen molar-refractivity contribution in [3.05, 3.63) is 35.1 Å². The van der Waals surface area contributed by atoms with Gasteiger partial charge in [0, 0.05) is 24.6 Å². The van der Waals surface area contributed by atoms with Crippen molar-refractivity contribution in [3.63, 3.8) is 0 Å². The van der Waals surface area contributed by atoms with Gasteiger partial charge in [0.05, 0.1) is 11.6 Å². The molecule has 4 nitrogen and oxygen atoms in total. The van der Waals surface area contributed by atoms with Gasteiger partial charge in [0.2, 0.25) is 5.95 Å². The van der Waals surface area contributed by atoms with Crippen LogP contribution >= 0.6 is 15.9 Å². The second-order valence-corrected chi connectivity index (χ2v) is 4.72. The van der Waals surface area contributed by atoms with Gasteiger partial charge in [-0.1, -0.05) is 6.92 Å². The fourth-order valence-electron chi connectivity index (χ4n) is 1.68. The molecule has 2 aromatic rings. The molecule has 0 aliphatic carbocycles. The molecule has 0 unspecified atom stereocenters. The third-order valence-electron chi connectivity index (χ3n) is 2.59. The monoisotopic (exact) mass is 309 g/mol. The van der Waals surface area contributed by atoms with Crippen LogP contribution in [0.5, 0.6) is 5.75 Å². The Morgan fingerprint density at radius 1 is 1.44 bits per heavy atom. The first kappa shape index (κ1) is 13.0. The standard InChI is InChI=1S/C13H16BrN3O/c1-3-6-15-13-16-7-8-17(13)10-4-5-12(18-2)11(14)9-10/h4-5,7-9H,3,6H2,1-2H3,(H,15,16). The quantitative estimate of drug-likeness (QED) is 0.919. The molecule has 0 amide bonds. The molecule has 0 aliphatic heterocycles. The van der Waals surface area contributed by atoms with E-state index < -0.39 is 0 Å². The third-order valence-corrected chi connectivity index (χ3v) is 3.21. The van der Waals surface area contributed by atoms with E-state index in [1.54, 1.807) is 13.3 Å². The van der Waals surface area contributed by atoms with Gasteiger partial charge in [0.25, 0.3) is 0 Å². The highest BCUT2D eigenvalue weighted by Crippen LogP contribution is 2.28. The summed E-state index contributed by atoms with van der Waals surface area (Å²) in [4.78, 5) is 4.31. The summed E-state index contributed by atoms with van der Waals surface area (Å²) in [6, 6.07) is 5.95. The van der Waals surface area contributed by atoms with E-state index in [2.05, 4.69) is 33.2 Å². The first-order valence-corrected chi connectivity index (χ1v) is 6.66. The van der Waals surface area contributed by atoms with Crippen molar-refractivity contribution < 1.29 is 4.74 Å². The van der Waals surface area contributed by atoms with Gasteiger partial charge in [0.1, 0.15) is 5.75 Å². The maximum absolute atomic E-state index is 5.23. The second-order valence-electron chi connectivity index (χ2n) is 3.87. The molecule has 0 spiro atoms.